The average molecular weight is 307 g/mol. The molecule has 0 aromatic rings. The van der Waals surface area contributed by atoms with E-state index in [0.29, 0.717) is 26.1 Å². The van der Waals surface area contributed by atoms with Crippen LogP contribution in [0.3, 0.4) is 0 Å². The van der Waals surface area contributed by atoms with Crippen molar-refractivity contribution in [3.8, 4) is 0 Å². The number of carbonyl (C=O) groups is 1. The fourth-order valence-corrected chi connectivity index (χ4v) is 3.10. The summed E-state index contributed by atoms with van der Waals surface area (Å²) in [5, 5.41) is 6.12. The summed E-state index contributed by atoms with van der Waals surface area (Å²) in [6, 6.07) is -0.139. The summed E-state index contributed by atoms with van der Waals surface area (Å²) in [5.41, 5.74) is 0. The van der Waals surface area contributed by atoms with E-state index >= 15 is 0 Å². The van der Waals surface area contributed by atoms with Crippen LogP contribution in [-0.4, -0.2) is 55.7 Å². The first kappa shape index (κ1) is 16.5. The average Bonchev–Trinajstić information content (AvgIpc) is 2.66. The zero-order valence-electron chi connectivity index (χ0n) is 12.2. The van der Waals surface area contributed by atoms with E-state index in [2.05, 4.69) is 10.6 Å². The van der Waals surface area contributed by atoms with Crippen molar-refractivity contribution in [3.63, 3.8) is 0 Å². The molecule has 0 radical (unpaired) electrons. The molecule has 2 rings (SSSR count). The van der Waals surface area contributed by atoms with Crippen molar-refractivity contribution in [2.75, 3.05) is 32.7 Å². The highest BCUT2D eigenvalue weighted by atomic mass is 19.4. The van der Waals surface area contributed by atoms with Gasteiger partial charge in [0.15, 0.2) is 0 Å². The van der Waals surface area contributed by atoms with Gasteiger partial charge in [0.1, 0.15) is 0 Å². The van der Waals surface area contributed by atoms with Crippen LogP contribution < -0.4 is 10.6 Å². The summed E-state index contributed by atoms with van der Waals surface area (Å²) in [6.07, 6.45) is 0.714. The van der Waals surface area contributed by atoms with Crippen molar-refractivity contribution < 1.29 is 18.0 Å². The van der Waals surface area contributed by atoms with Gasteiger partial charge >= 0.3 is 6.18 Å². The van der Waals surface area contributed by atoms with Crippen LogP contribution in [0.2, 0.25) is 0 Å². The molecule has 2 saturated heterocycles. The van der Waals surface area contributed by atoms with Gasteiger partial charge in [-0.05, 0) is 38.3 Å². The van der Waals surface area contributed by atoms with E-state index in [4.69, 9.17) is 0 Å². The molecule has 7 heteroatoms. The van der Waals surface area contributed by atoms with Crippen molar-refractivity contribution in [1.82, 2.24) is 15.5 Å². The van der Waals surface area contributed by atoms with E-state index in [0.717, 1.165) is 32.2 Å². The number of nitrogens with zero attached hydrogens (tertiary/aromatic N) is 1. The Morgan fingerprint density at radius 2 is 2.05 bits per heavy atom. The Morgan fingerprint density at radius 3 is 2.81 bits per heavy atom. The van der Waals surface area contributed by atoms with Gasteiger partial charge in [-0.1, -0.05) is 12.8 Å². The largest absolute Gasteiger partial charge is 0.401 e. The predicted octanol–water partition coefficient (Wildman–Crippen LogP) is 1.52. The molecule has 21 heavy (non-hydrogen) atoms. The molecule has 2 N–H and O–H groups in total. The molecule has 2 aliphatic heterocycles. The highest BCUT2D eigenvalue weighted by molar-refractivity contribution is 5.81. The zero-order valence-corrected chi connectivity index (χ0v) is 12.2. The number of rotatable bonds is 4. The molecular weight excluding hydrogens is 283 g/mol. The van der Waals surface area contributed by atoms with Crippen LogP contribution in [0.4, 0.5) is 13.2 Å². The molecule has 0 aromatic carbocycles. The molecule has 1 amide bonds. The maximum absolute atomic E-state index is 12.3. The van der Waals surface area contributed by atoms with E-state index in [1.807, 2.05) is 0 Å². The number of amides is 1. The van der Waals surface area contributed by atoms with Crippen LogP contribution in [0, 0.1) is 5.92 Å². The van der Waals surface area contributed by atoms with Gasteiger partial charge in [-0.2, -0.15) is 13.2 Å². The van der Waals surface area contributed by atoms with E-state index in [9.17, 15) is 18.0 Å². The zero-order chi connectivity index (χ0) is 15.3. The van der Waals surface area contributed by atoms with Crippen molar-refractivity contribution >= 4 is 5.91 Å². The Labute approximate surface area is 123 Å². The smallest absolute Gasteiger partial charge is 0.354 e. The second-order valence-electron chi connectivity index (χ2n) is 6.11. The molecule has 0 spiro atoms. The minimum atomic E-state index is -4.14. The van der Waals surface area contributed by atoms with Gasteiger partial charge in [-0.3, -0.25) is 9.69 Å². The van der Waals surface area contributed by atoms with E-state index < -0.39 is 12.7 Å². The van der Waals surface area contributed by atoms with Gasteiger partial charge in [-0.15, -0.1) is 0 Å². The first-order chi connectivity index (χ1) is 9.94. The van der Waals surface area contributed by atoms with Crippen molar-refractivity contribution in [1.29, 1.82) is 0 Å². The molecule has 0 saturated carbocycles. The predicted molar refractivity (Wildman–Crippen MR) is 73.9 cm³/mol. The van der Waals surface area contributed by atoms with Crippen molar-refractivity contribution in [2.45, 2.75) is 44.3 Å². The Kier molecular flexibility index (Phi) is 5.87. The number of hydrogen-bond donors (Lipinski definition) is 2. The number of nitrogens with one attached hydrogen (secondary N) is 2. The minimum absolute atomic E-state index is 0.00817. The lowest BCUT2D eigenvalue weighted by Crippen LogP contribution is -2.45. The van der Waals surface area contributed by atoms with Crippen LogP contribution in [0.15, 0.2) is 0 Å². The van der Waals surface area contributed by atoms with Crippen molar-refractivity contribution in [3.05, 3.63) is 0 Å². The molecule has 4 nitrogen and oxygen atoms in total. The lowest BCUT2D eigenvalue weighted by molar-refractivity contribution is -0.143. The lowest BCUT2D eigenvalue weighted by atomic mass is 10.1. The lowest BCUT2D eigenvalue weighted by Gasteiger charge is -2.19. The summed E-state index contributed by atoms with van der Waals surface area (Å²) in [5.74, 6) is 0.119. The third-order valence-electron chi connectivity index (χ3n) is 4.21. The fraction of sp³-hybridized carbons (Fsp3) is 0.929. The SMILES string of the molecule is O=C(NCC1CCN(CC(F)(F)F)C1)C1CCCCCN1. The first-order valence-corrected chi connectivity index (χ1v) is 7.74. The molecule has 122 valence electrons. The molecule has 2 fully saturated rings. The monoisotopic (exact) mass is 307 g/mol. The Bertz CT molecular complexity index is 341. The van der Waals surface area contributed by atoms with Crippen LogP contribution in [0.5, 0.6) is 0 Å². The number of halogens is 3. The highest BCUT2D eigenvalue weighted by Gasteiger charge is 2.34. The summed E-state index contributed by atoms with van der Waals surface area (Å²) in [7, 11) is 0. The van der Waals surface area contributed by atoms with Gasteiger partial charge in [0, 0.05) is 13.1 Å². The Balaban J connectivity index is 1.67. The Hall–Kier alpha value is -0.820. The first-order valence-electron chi connectivity index (χ1n) is 7.74. The summed E-state index contributed by atoms with van der Waals surface area (Å²) in [4.78, 5) is 13.5. The summed E-state index contributed by atoms with van der Waals surface area (Å²) < 4.78 is 36.9. The maximum Gasteiger partial charge on any atom is 0.401 e. The molecule has 0 bridgehead atoms. The van der Waals surface area contributed by atoms with E-state index in [1.54, 1.807) is 0 Å². The van der Waals surface area contributed by atoms with Crippen LogP contribution in [-0.2, 0) is 4.79 Å². The standard InChI is InChI=1S/C14H24F3N3O/c15-14(16,17)10-20-7-5-11(9-20)8-19-13(21)12-4-2-1-3-6-18-12/h11-12,18H,1-10H2,(H,19,21). The van der Waals surface area contributed by atoms with Gasteiger partial charge in [0.05, 0.1) is 12.6 Å². The van der Waals surface area contributed by atoms with Gasteiger partial charge in [0.2, 0.25) is 5.91 Å². The maximum atomic E-state index is 12.3. The summed E-state index contributed by atoms with van der Waals surface area (Å²) in [6.45, 7) is 1.37. The van der Waals surface area contributed by atoms with Gasteiger partial charge < -0.3 is 10.6 Å². The fourth-order valence-electron chi connectivity index (χ4n) is 3.10. The molecule has 0 aromatic heterocycles. The molecule has 2 atom stereocenters. The second kappa shape index (κ2) is 7.45. The summed E-state index contributed by atoms with van der Waals surface area (Å²) >= 11 is 0. The van der Waals surface area contributed by atoms with E-state index in [-0.39, 0.29) is 17.9 Å². The molecule has 0 aliphatic carbocycles. The quantitative estimate of drug-likeness (QED) is 0.828. The minimum Gasteiger partial charge on any atom is -0.354 e. The van der Waals surface area contributed by atoms with Crippen LogP contribution in [0.1, 0.15) is 32.1 Å². The van der Waals surface area contributed by atoms with Gasteiger partial charge in [-0.25, -0.2) is 0 Å². The van der Waals surface area contributed by atoms with Crippen LogP contribution in [0.25, 0.3) is 0 Å². The number of hydrogen-bond acceptors (Lipinski definition) is 3. The second-order valence-corrected chi connectivity index (χ2v) is 6.11. The molecule has 2 heterocycles. The molecular formula is C14H24F3N3O. The van der Waals surface area contributed by atoms with Crippen LogP contribution >= 0.6 is 0 Å². The third kappa shape index (κ3) is 5.82. The normalized spacial score (nSPS) is 28.3. The highest BCUT2D eigenvalue weighted by Crippen LogP contribution is 2.22. The van der Waals surface area contributed by atoms with E-state index in [1.165, 1.54) is 4.90 Å². The third-order valence-corrected chi connectivity index (χ3v) is 4.21. The molecule has 2 aliphatic rings. The topological polar surface area (TPSA) is 44.4 Å². The van der Waals surface area contributed by atoms with Crippen molar-refractivity contribution in [2.24, 2.45) is 5.92 Å². The van der Waals surface area contributed by atoms with Gasteiger partial charge in [0.25, 0.3) is 0 Å². The number of carbonyl (C=O) groups excluding carboxylic acids is 1. The molecule has 2 unspecified atom stereocenters. The number of likely N-dealkylation sites (tertiary alicyclic amines) is 1. The Morgan fingerprint density at radius 1 is 1.24 bits per heavy atom. The number of alkyl halides is 3.